The van der Waals surface area contributed by atoms with Crippen molar-refractivity contribution in [1.29, 1.82) is 0 Å². The van der Waals surface area contributed by atoms with Gasteiger partial charge in [-0.25, -0.2) is 4.79 Å². The fourth-order valence-electron chi connectivity index (χ4n) is 2.75. The monoisotopic (exact) mass is 398 g/mol. The van der Waals surface area contributed by atoms with Crippen molar-refractivity contribution in [2.75, 3.05) is 21.3 Å². The lowest BCUT2D eigenvalue weighted by atomic mass is 10.0. The smallest absolute Gasteiger partial charge is 0.331 e. The third kappa shape index (κ3) is 5.60. The third-order valence-electron chi connectivity index (χ3n) is 4.44. The predicted molar refractivity (Wildman–Crippen MR) is 111 cm³/mol. The number of hydrogen-bond acceptors (Lipinski definition) is 6. The van der Waals surface area contributed by atoms with E-state index in [2.05, 4.69) is 0 Å². The van der Waals surface area contributed by atoms with E-state index in [-0.39, 0.29) is 5.78 Å². The number of ether oxygens (including phenoxy) is 4. The third-order valence-corrected chi connectivity index (χ3v) is 4.44. The number of carbonyl (C=O) groups excluding carboxylic acids is 2. The SMILES string of the molecule is CCc1ccc(C(=O)C(C)OC(=O)/C=C/c2cc(OC)c(OC)cc2OC)cc1. The molecule has 0 amide bonds. The molecular weight excluding hydrogens is 372 g/mol. The molecule has 1 atom stereocenters. The molecule has 0 fully saturated rings. The lowest BCUT2D eigenvalue weighted by molar-refractivity contribution is -0.140. The summed E-state index contributed by atoms with van der Waals surface area (Å²) >= 11 is 0. The van der Waals surface area contributed by atoms with E-state index >= 15 is 0 Å². The molecule has 1 unspecified atom stereocenters. The van der Waals surface area contributed by atoms with Crippen LogP contribution in [0.1, 0.15) is 35.3 Å². The Kier molecular flexibility index (Phi) is 7.83. The van der Waals surface area contributed by atoms with E-state index in [0.717, 1.165) is 12.0 Å². The molecule has 2 aromatic carbocycles. The molecule has 154 valence electrons. The van der Waals surface area contributed by atoms with Gasteiger partial charge < -0.3 is 18.9 Å². The first-order valence-corrected chi connectivity index (χ1v) is 9.25. The standard InChI is InChI=1S/C23H26O6/c1-6-16-7-9-17(10-8-16)23(25)15(2)29-22(24)12-11-18-13-20(27-4)21(28-5)14-19(18)26-3/h7-15H,6H2,1-5H3/b12-11+. The Morgan fingerprint density at radius 1 is 0.931 bits per heavy atom. The van der Waals surface area contributed by atoms with Gasteiger partial charge >= 0.3 is 5.97 Å². The fourth-order valence-corrected chi connectivity index (χ4v) is 2.75. The van der Waals surface area contributed by atoms with Crippen LogP contribution in [0.5, 0.6) is 17.2 Å². The fraction of sp³-hybridized carbons (Fsp3) is 0.304. The van der Waals surface area contributed by atoms with Crippen molar-refractivity contribution in [3.05, 3.63) is 59.2 Å². The number of hydrogen-bond donors (Lipinski definition) is 0. The summed E-state index contributed by atoms with van der Waals surface area (Å²) in [7, 11) is 4.56. The molecule has 0 bridgehead atoms. The van der Waals surface area contributed by atoms with E-state index in [0.29, 0.717) is 28.4 Å². The van der Waals surface area contributed by atoms with Crippen molar-refractivity contribution < 1.29 is 28.5 Å². The van der Waals surface area contributed by atoms with Gasteiger partial charge in [-0.3, -0.25) is 4.79 Å². The molecule has 6 heteroatoms. The summed E-state index contributed by atoms with van der Waals surface area (Å²) in [5.41, 5.74) is 2.25. The lowest BCUT2D eigenvalue weighted by Gasteiger charge is -2.13. The van der Waals surface area contributed by atoms with Gasteiger partial charge in [-0.1, -0.05) is 31.2 Å². The van der Waals surface area contributed by atoms with Crippen molar-refractivity contribution in [2.45, 2.75) is 26.4 Å². The summed E-state index contributed by atoms with van der Waals surface area (Å²) in [5.74, 6) is 0.635. The van der Waals surface area contributed by atoms with Crippen molar-refractivity contribution in [3.8, 4) is 17.2 Å². The summed E-state index contributed by atoms with van der Waals surface area (Å²) in [6.45, 7) is 3.60. The first-order chi connectivity index (χ1) is 13.9. The van der Waals surface area contributed by atoms with Crippen molar-refractivity contribution in [3.63, 3.8) is 0 Å². The van der Waals surface area contributed by atoms with Gasteiger partial charge in [0.25, 0.3) is 0 Å². The van der Waals surface area contributed by atoms with Crippen LogP contribution in [0.25, 0.3) is 6.08 Å². The van der Waals surface area contributed by atoms with Gasteiger partial charge in [0.05, 0.1) is 21.3 Å². The number of methoxy groups -OCH3 is 3. The van der Waals surface area contributed by atoms with Gasteiger partial charge in [0.1, 0.15) is 5.75 Å². The van der Waals surface area contributed by atoms with Gasteiger partial charge in [-0.15, -0.1) is 0 Å². The van der Waals surface area contributed by atoms with E-state index < -0.39 is 12.1 Å². The molecule has 0 N–H and O–H groups in total. The van der Waals surface area contributed by atoms with E-state index in [1.807, 2.05) is 19.1 Å². The van der Waals surface area contributed by atoms with Crippen LogP contribution in [0, 0.1) is 0 Å². The number of carbonyl (C=O) groups is 2. The molecule has 6 nitrogen and oxygen atoms in total. The van der Waals surface area contributed by atoms with Gasteiger partial charge in [-0.2, -0.15) is 0 Å². The molecule has 0 heterocycles. The van der Waals surface area contributed by atoms with Crippen LogP contribution in [-0.2, 0) is 16.0 Å². The maximum atomic E-state index is 12.5. The number of ketones is 1. The highest BCUT2D eigenvalue weighted by Gasteiger charge is 2.18. The average molecular weight is 398 g/mol. The van der Waals surface area contributed by atoms with Crippen LogP contribution in [0.2, 0.25) is 0 Å². The number of benzene rings is 2. The van der Waals surface area contributed by atoms with Crippen molar-refractivity contribution in [1.82, 2.24) is 0 Å². The second-order valence-electron chi connectivity index (χ2n) is 6.28. The lowest BCUT2D eigenvalue weighted by Crippen LogP contribution is -2.23. The highest BCUT2D eigenvalue weighted by molar-refractivity contribution is 6.01. The molecule has 0 aliphatic carbocycles. The minimum absolute atomic E-state index is 0.252. The minimum Gasteiger partial charge on any atom is -0.496 e. The number of Topliss-reactive ketones (excluding diaryl/α,β-unsaturated/α-hetero) is 1. The first kappa shape index (κ1) is 22.0. The maximum absolute atomic E-state index is 12.5. The molecule has 29 heavy (non-hydrogen) atoms. The van der Waals surface area contributed by atoms with Crippen LogP contribution in [-0.4, -0.2) is 39.2 Å². The molecule has 0 saturated heterocycles. The normalized spacial score (nSPS) is 11.8. The molecule has 2 rings (SSSR count). The van der Waals surface area contributed by atoms with Gasteiger partial charge in [0, 0.05) is 23.3 Å². The summed E-state index contributed by atoms with van der Waals surface area (Å²) in [6.07, 6.45) is 2.78. The number of esters is 1. The topological polar surface area (TPSA) is 71.1 Å². The van der Waals surface area contributed by atoms with Gasteiger partial charge in [-0.05, 0) is 31.1 Å². The summed E-state index contributed by atoms with van der Waals surface area (Å²) in [5, 5.41) is 0. The first-order valence-electron chi connectivity index (χ1n) is 9.25. The largest absolute Gasteiger partial charge is 0.496 e. The zero-order valence-electron chi connectivity index (χ0n) is 17.4. The van der Waals surface area contributed by atoms with Crippen LogP contribution in [0.15, 0.2) is 42.5 Å². The highest BCUT2D eigenvalue weighted by Crippen LogP contribution is 2.35. The van der Waals surface area contributed by atoms with Crippen molar-refractivity contribution in [2.24, 2.45) is 0 Å². The van der Waals surface area contributed by atoms with Crippen LogP contribution >= 0.6 is 0 Å². The number of rotatable bonds is 9. The molecule has 0 aliphatic heterocycles. The summed E-state index contributed by atoms with van der Waals surface area (Å²) < 4.78 is 21.1. The van der Waals surface area contributed by atoms with Crippen molar-refractivity contribution >= 4 is 17.8 Å². The predicted octanol–water partition coefficient (Wildman–Crippen LogP) is 4.10. The Morgan fingerprint density at radius 3 is 2.07 bits per heavy atom. The Labute approximate surface area is 171 Å². The van der Waals surface area contributed by atoms with Crippen LogP contribution < -0.4 is 14.2 Å². The highest BCUT2D eigenvalue weighted by atomic mass is 16.5. The molecule has 0 aliphatic rings. The summed E-state index contributed by atoms with van der Waals surface area (Å²) in [4.78, 5) is 24.6. The Balaban J connectivity index is 2.09. The second kappa shape index (κ2) is 10.3. The Hall–Kier alpha value is -3.28. The number of aryl methyl sites for hydroxylation is 1. The quantitative estimate of drug-likeness (QED) is 0.360. The second-order valence-corrected chi connectivity index (χ2v) is 6.28. The summed E-state index contributed by atoms with van der Waals surface area (Å²) in [6, 6.07) is 10.6. The van der Waals surface area contributed by atoms with E-state index in [9.17, 15) is 9.59 Å². The minimum atomic E-state index is -0.896. The van der Waals surface area contributed by atoms with Gasteiger partial charge in [0.15, 0.2) is 17.6 Å². The zero-order chi connectivity index (χ0) is 21.4. The molecule has 0 spiro atoms. The molecular formula is C23H26O6. The average Bonchev–Trinajstić information content (AvgIpc) is 2.76. The zero-order valence-corrected chi connectivity index (χ0v) is 17.4. The maximum Gasteiger partial charge on any atom is 0.331 e. The molecule has 0 saturated carbocycles. The van der Waals surface area contributed by atoms with Gasteiger partial charge in [0.2, 0.25) is 5.78 Å². The van der Waals surface area contributed by atoms with E-state index in [1.165, 1.54) is 33.5 Å². The Bertz CT molecular complexity index is 883. The van der Waals surface area contributed by atoms with E-state index in [1.54, 1.807) is 31.2 Å². The van der Waals surface area contributed by atoms with Crippen LogP contribution in [0.3, 0.4) is 0 Å². The Morgan fingerprint density at radius 2 is 1.52 bits per heavy atom. The molecule has 0 radical (unpaired) electrons. The molecule has 0 aromatic heterocycles. The molecule has 2 aromatic rings. The van der Waals surface area contributed by atoms with Crippen LogP contribution in [0.4, 0.5) is 0 Å². The van der Waals surface area contributed by atoms with E-state index in [4.69, 9.17) is 18.9 Å².